The van der Waals surface area contributed by atoms with Crippen LogP contribution in [0, 0.1) is 5.92 Å². The summed E-state index contributed by atoms with van der Waals surface area (Å²) in [5, 5.41) is 10.6. The quantitative estimate of drug-likeness (QED) is 0.0222. The Morgan fingerprint density at radius 2 is 0.489 bits per heavy atom. The minimum Gasteiger partial charge on any atom is -0.462 e. The summed E-state index contributed by atoms with van der Waals surface area (Å²) in [6, 6.07) is 0. The standard InChI is InChI=1S/C75H146O17P2/c1-6-9-12-15-18-21-23-24-25-26-27-28-29-30-31-36-41-46-51-56-61-75(80)92-71(65-86-73(78)59-54-49-44-40-35-33-32-34-38-42-47-52-57-68(4)5)67-90-94(83,84)88-63-69(76)62-87-93(81,82)89-66-70(64-85-72(77)58-53-48-43-37-20-17-14-11-8-3)91-74(79)60-55-50-45-39-22-19-16-13-10-7-2/h68-71,76H,6-67H2,1-5H3,(H,81,82)(H,83,84)/t69-,70+,71+/m0/s1. The zero-order chi connectivity index (χ0) is 69.1. The zero-order valence-electron chi connectivity index (χ0n) is 61.1. The van der Waals surface area contributed by atoms with Crippen LogP contribution in [0.5, 0.6) is 0 Å². The van der Waals surface area contributed by atoms with E-state index in [4.69, 9.17) is 37.0 Å². The second-order valence-electron chi connectivity index (χ2n) is 27.5. The van der Waals surface area contributed by atoms with Gasteiger partial charge >= 0.3 is 39.5 Å². The van der Waals surface area contributed by atoms with E-state index in [1.807, 2.05) is 0 Å². The molecule has 5 atom stereocenters. The first-order valence-corrected chi connectivity index (χ1v) is 42.1. The number of rotatable bonds is 75. The number of carbonyl (C=O) groups is 4. The SMILES string of the molecule is CCCCCCCCCCCCCCCCCCCCCCC(=O)O[C@H](COC(=O)CCCCCCCCCCCCCCC(C)C)COP(=O)(O)OC[C@@H](O)COP(=O)(O)OC[C@@H](COC(=O)CCCCCCCCCCC)OC(=O)CCCCCCCCCCCC. The van der Waals surface area contributed by atoms with Crippen LogP contribution >= 0.6 is 15.6 Å². The number of phosphoric ester groups is 2. The lowest BCUT2D eigenvalue weighted by molar-refractivity contribution is -0.161. The minimum absolute atomic E-state index is 0.107. The Hall–Kier alpha value is -1.94. The van der Waals surface area contributed by atoms with Crippen molar-refractivity contribution in [2.75, 3.05) is 39.6 Å². The molecule has 0 heterocycles. The van der Waals surface area contributed by atoms with Gasteiger partial charge in [-0.25, -0.2) is 9.13 Å². The zero-order valence-corrected chi connectivity index (χ0v) is 62.9. The van der Waals surface area contributed by atoms with E-state index in [-0.39, 0.29) is 25.7 Å². The maximum atomic E-state index is 13.1. The first-order valence-electron chi connectivity index (χ1n) is 39.1. The Morgan fingerprint density at radius 1 is 0.287 bits per heavy atom. The van der Waals surface area contributed by atoms with Crippen LogP contribution < -0.4 is 0 Å². The molecule has 0 aliphatic rings. The van der Waals surface area contributed by atoms with Crippen molar-refractivity contribution in [1.29, 1.82) is 0 Å². The van der Waals surface area contributed by atoms with Crippen molar-refractivity contribution >= 4 is 39.5 Å². The van der Waals surface area contributed by atoms with Gasteiger partial charge in [0.2, 0.25) is 0 Å². The van der Waals surface area contributed by atoms with Crippen molar-refractivity contribution < 1.29 is 80.2 Å². The fraction of sp³-hybridized carbons (Fsp3) is 0.947. The summed E-state index contributed by atoms with van der Waals surface area (Å²) in [5.74, 6) is -1.34. The lowest BCUT2D eigenvalue weighted by Crippen LogP contribution is -2.30. The van der Waals surface area contributed by atoms with Crippen LogP contribution in [0.15, 0.2) is 0 Å². The highest BCUT2D eigenvalue weighted by molar-refractivity contribution is 7.47. The summed E-state index contributed by atoms with van der Waals surface area (Å²) in [4.78, 5) is 72.7. The molecule has 0 aliphatic heterocycles. The second kappa shape index (κ2) is 68.2. The van der Waals surface area contributed by atoms with E-state index in [1.54, 1.807) is 0 Å². The van der Waals surface area contributed by atoms with Crippen LogP contribution in [0.2, 0.25) is 0 Å². The smallest absolute Gasteiger partial charge is 0.462 e. The molecule has 0 aromatic carbocycles. The molecule has 0 saturated heterocycles. The third-order valence-electron chi connectivity index (χ3n) is 17.5. The van der Waals surface area contributed by atoms with Gasteiger partial charge in [0.15, 0.2) is 12.2 Å². The predicted molar refractivity (Wildman–Crippen MR) is 382 cm³/mol. The molecule has 0 saturated carbocycles. The third kappa shape index (κ3) is 68.6. The number of hydrogen-bond acceptors (Lipinski definition) is 15. The number of esters is 4. The molecule has 0 radical (unpaired) electrons. The van der Waals surface area contributed by atoms with Crippen molar-refractivity contribution in [2.24, 2.45) is 5.92 Å². The normalized spacial score (nSPS) is 14.0. The summed E-state index contributed by atoms with van der Waals surface area (Å²) >= 11 is 0. The molecule has 0 rings (SSSR count). The number of hydrogen-bond donors (Lipinski definition) is 3. The average molecular weight is 1380 g/mol. The fourth-order valence-electron chi connectivity index (χ4n) is 11.5. The largest absolute Gasteiger partial charge is 0.472 e. The van der Waals surface area contributed by atoms with E-state index in [9.17, 15) is 43.2 Å². The monoisotopic (exact) mass is 1380 g/mol. The van der Waals surface area contributed by atoms with Crippen LogP contribution in [0.4, 0.5) is 0 Å². The lowest BCUT2D eigenvalue weighted by Gasteiger charge is -2.21. The van der Waals surface area contributed by atoms with Gasteiger partial charge < -0.3 is 33.8 Å². The molecule has 0 fully saturated rings. The summed E-state index contributed by atoms with van der Waals surface area (Å²) < 4.78 is 68.4. The number of aliphatic hydroxyl groups excluding tert-OH is 1. The number of phosphoric acid groups is 2. The number of carbonyl (C=O) groups excluding carboxylic acids is 4. The molecule has 558 valence electrons. The Kier molecular flexibility index (Phi) is 66.8. The summed E-state index contributed by atoms with van der Waals surface area (Å²) in [6.45, 7) is 7.27. The molecule has 3 N–H and O–H groups in total. The molecule has 19 heteroatoms. The predicted octanol–water partition coefficient (Wildman–Crippen LogP) is 22.1. The van der Waals surface area contributed by atoms with E-state index in [2.05, 4.69) is 34.6 Å². The molecule has 0 aliphatic carbocycles. The Morgan fingerprint density at radius 3 is 0.723 bits per heavy atom. The van der Waals surface area contributed by atoms with Crippen LogP contribution in [0.1, 0.15) is 394 Å². The molecular formula is C75H146O17P2. The highest BCUT2D eigenvalue weighted by atomic mass is 31.2. The van der Waals surface area contributed by atoms with Crippen molar-refractivity contribution in [3.8, 4) is 0 Å². The van der Waals surface area contributed by atoms with Gasteiger partial charge in [-0.15, -0.1) is 0 Å². The minimum atomic E-state index is -4.96. The van der Waals surface area contributed by atoms with E-state index < -0.39 is 97.5 Å². The second-order valence-corrected chi connectivity index (χ2v) is 30.4. The molecule has 0 aromatic heterocycles. The van der Waals surface area contributed by atoms with Gasteiger partial charge in [0, 0.05) is 25.7 Å². The van der Waals surface area contributed by atoms with Gasteiger partial charge in [-0.2, -0.15) is 0 Å². The molecule has 0 aromatic rings. The summed E-state index contributed by atoms with van der Waals surface area (Å²) in [6.07, 6.45) is 56.9. The van der Waals surface area contributed by atoms with E-state index in [0.717, 1.165) is 95.8 Å². The molecule has 0 spiro atoms. The van der Waals surface area contributed by atoms with Gasteiger partial charge in [-0.1, -0.05) is 343 Å². The van der Waals surface area contributed by atoms with Gasteiger partial charge in [0.25, 0.3) is 0 Å². The Labute approximate surface area is 575 Å². The average Bonchev–Trinajstić information content (AvgIpc) is 3.01. The van der Waals surface area contributed by atoms with Crippen molar-refractivity contribution in [2.45, 2.75) is 412 Å². The first kappa shape index (κ1) is 92.1. The molecule has 0 bridgehead atoms. The number of ether oxygens (including phenoxy) is 4. The molecule has 0 amide bonds. The highest BCUT2D eigenvalue weighted by Gasteiger charge is 2.30. The van der Waals surface area contributed by atoms with Gasteiger partial charge in [-0.3, -0.25) is 37.3 Å². The Balaban J connectivity index is 5.19. The van der Waals surface area contributed by atoms with Crippen LogP contribution in [0.25, 0.3) is 0 Å². The lowest BCUT2D eigenvalue weighted by atomic mass is 10.0. The van der Waals surface area contributed by atoms with Gasteiger partial charge in [0.05, 0.1) is 26.4 Å². The number of unbranched alkanes of at least 4 members (excludes halogenated alkanes) is 47. The van der Waals surface area contributed by atoms with E-state index in [0.29, 0.717) is 25.7 Å². The maximum absolute atomic E-state index is 13.1. The summed E-state index contributed by atoms with van der Waals surface area (Å²) in [5.41, 5.74) is 0. The van der Waals surface area contributed by atoms with E-state index in [1.165, 1.54) is 218 Å². The van der Waals surface area contributed by atoms with Crippen LogP contribution in [-0.2, 0) is 65.4 Å². The molecule has 17 nitrogen and oxygen atoms in total. The molecular weight excluding hydrogens is 1230 g/mol. The maximum Gasteiger partial charge on any atom is 0.472 e. The van der Waals surface area contributed by atoms with Crippen molar-refractivity contribution in [1.82, 2.24) is 0 Å². The van der Waals surface area contributed by atoms with E-state index >= 15 is 0 Å². The fourth-order valence-corrected chi connectivity index (χ4v) is 13.1. The van der Waals surface area contributed by atoms with Crippen molar-refractivity contribution in [3.63, 3.8) is 0 Å². The van der Waals surface area contributed by atoms with Crippen LogP contribution in [-0.4, -0.2) is 96.7 Å². The van der Waals surface area contributed by atoms with Gasteiger partial charge in [-0.05, 0) is 31.6 Å². The molecule has 2 unspecified atom stereocenters. The topological polar surface area (TPSA) is 237 Å². The highest BCUT2D eigenvalue weighted by Crippen LogP contribution is 2.45. The third-order valence-corrected chi connectivity index (χ3v) is 19.4. The summed E-state index contributed by atoms with van der Waals surface area (Å²) in [7, 11) is -9.90. The molecule has 94 heavy (non-hydrogen) atoms. The number of aliphatic hydroxyl groups is 1. The van der Waals surface area contributed by atoms with Crippen molar-refractivity contribution in [3.05, 3.63) is 0 Å². The van der Waals surface area contributed by atoms with Crippen LogP contribution in [0.3, 0.4) is 0 Å². The Bertz CT molecular complexity index is 1810. The first-order chi connectivity index (χ1) is 45.5. The van der Waals surface area contributed by atoms with Gasteiger partial charge in [0.1, 0.15) is 19.3 Å².